The largest absolute Gasteiger partial charge is 0.495 e. The van der Waals surface area contributed by atoms with Crippen molar-refractivity contribution in [3.63, 3.8) is 0 Å². The molecule has 0 bridgehead atoms. The number of hydrogen-bond acceptors (Lipinski definition) is 4. The van der Waals surface area contributed by atoms with Crippen LogP contribution in [0.2, 0.25) is 5.02 Å². The first-order chi connectivity index (χ1) is 12.5. The quantitative estimate of drug-likeness (QED) is 0.719. The standard InChI is InChI=1S/C19H18ClN3O3/c1-11-9-15(16(26-2)10-13(11)20)22-18(24)8-7-17-21-14-6-4-3-5-12(14)19(25)23-17/h3-6,9-10H,7-8H2,1-2H3,(H,22,24)(H,21,23,25). The predicted molar refractivity (Wildman–Crippen MR) is 102 cm³/mol. The molecule has 1 aromatic heterocycles. The average Bonchev–Trinajstić information content (AvgIpc) is 2.63. The minimum absolute atomic E-state index is 0.173. The van der Waals surface area contributed by atoms with Crippen molar-refractivity contribution < 1.29 is 9.53 Å². The molecular weight excluding hydrogens is 354 g/mol. The number of anilines is 1. The first-order valence-corrected chi connectivity index (χ1v) is 8.47. The Morgan fingerprint density at radius 2 is 2.08 bits per heavy atom. The fraction of sp³-hybridized carbons (Fsp3) is 0.211. The molecule has 0 radical (unpaired) electrons. The zero-order chi connectivity index (χ0) is 18.7. The second-order valence-electron chi connectivity index (χ2n) is 5.88. The van der Waals surface area contributed by atoms with Crippen LogP contribution in [0.5, 0.6) is 5.75 Å². The lowest BCUT2D eigenvalue weighted by Crippen LogP contribution is -2.16. The number of nitrogens with zero attached hydrogens (tertiary/aromatic N) is 1. The number of rotatable bonds is 5. The summed E-state index contributed by atoms with van der Waals surface area (Å²) in [7, 11) is 1.51. The van der Waals surface area contributed by atoms with Crippen LogP contribution < -0.4 is 15.6 Å². The van der Waals surface area contributed by atoms with Gasteiger partial charge in [0, 0.05) is 23.9 Å². The van der Waals surface area contributed by atoms with Gasteiger partial charge in [-0.2, -0.15) is 0 Å². The first-order valence-electron chi connectivity index (χ1n) is 8.10. The molecule has 0 unspecified atom stereocenters. The number of nitrogens with one attached hydrogen (secondary N) is 2. The van der Waals surface area contributed by atoms with E-state index in [9.17, 15) is 9.59 Å². The molecule has 7 heteroatoms. The smallest absolute Gasteiger partial charge is 0.258 e. The predicted octanol–water partition coefficient (Wildman–Crippen LogP) is 3.46. The minimum Gasteiger partial charge on any atom is -0.495 e. The maximum Gasteiger partial charge on any atom is 0.258 e. The Hall–Kier alpha value is -2.86. The second-order valence-corrected chi connectivity index (χ2v) is 6.29. The van der Waals surface area contributed by atoms with E-state index in [0.717, 1.165) is 5.56 Å². The number of H-pyrrole nitrogens is 1. The fourth-order valence-electron chi connectivity index (χ4n) is 2.63. The number of carbonyl (C=O) groups is 1. The van der Waals surface area contributed by atoms with E-state index in [1.807, 2.05) is 13.0 Å². The molecule has 0 atom stereocenters. The van der Waals surface area contributed by atoms with Crippen molar-refractivity contribution in [1.29, 1.82) is 0 Å². The number of hydrogen-bond donors (Lipinski definition) is 2. The zero-order valence-corrected chi connectivity index (χ0v) is 15.2. The van der Waals surface area contributed by atoms with Gasteiger partial charge in [-0.15, -0.1) is 0 Å². The molecular formula is C19H18ClN3O3. The number of fused-ring (bicyclic) bond motifs is 1. The van der Waals surface area contributed by atoms with Crippen LogP contribution in [0.3, 0.4) is 0 Å². The van der Waals surface area contributed by atoms with Crippen molar-refractivity contribution in [1.82, 2.24) is 9.97 Å². The minimum atomic E-state index is -0.208. The maximum absolute atomic E-state index is 12.3. The van der Waals surface area contributed by atoms with Crippen LogP contribution in [0.25, 0.3) is 10.9 Å². The van der Waals surface area contributed by atoms with Crippen molar-refractivity contribution in [2.75, 3.05) is 12.4 Å². The first kappa shape index (κ1) is 17.9. The Balaban J connectivity index is 1.72. The van der Waals surface area contributed by atoms with Crippen molar-refractivity contribution in [2.45, 2.75) is 19.8 Å². The van der Waals surface area contributed by atoms with Crippen LogP contribution in [-0.2, 0) is 11.2 Å². The molecule has 0 spiro atoms. The summed E-state index contributed by atoms with van der Waals surface area (Å²) >= 11 is 6.07. The Labute approximate surface area is 155 Å². The molecule has 3 rings (SSSR count). The van der Waals surface area contributed by atoms with E-state index in [1.165, 1.54) is 7.11 Å². The van der Waals surface area contributed by atoms with Crippen LogP contribution in [0.1, 0.15) is 17.8 Å². The molecule has 2 aromatic carbocycles. The number of aromatic amines is 1. The van der Waals surface area contributed by atoms with Crippen LogP contribution in [-0.4, -0.2) is 23.0 Å². The zero-order valence-electron chi connectivity index (χ0n) is 14.4. The average molecular weight is 372 g/mol. The third-order valence-electron chi connectivity index (χ3n) is 4.01. The van der Waals surface area contributed by atoms with E-state index in [-0.39, 0.29) is 17.9 Å². The molecule has 134 valence electrons. The summed E-state index contributed by atoms with van der Waals surface area (Å²) in [6, 6.07) is 10.5. The van der Waals surface area contributed by atoms with Gasteiger partial charge >= 0.3 is 0 Å². The van der Waals surface area contributed by atoms with Crippen LogP contribution in [0, 0.1) is 6.92 Å². The Bertz CT molecular complexity index is 1030. The molecule has 0 aliphatic heterocycles. The summed E-state index contributed by atoms with van der Waals surface area (Å²) in [5.41, 5.74) is 1.80. The van der Waals surface area contributed by atoms with Crippen molar-refractivity contribution in [2.24, 2.45) is 0 Å². The number of aromatic nitrogens is 2. The summed E-state index contributed by atoms with van der Waals surface area (Å²) in [5.74, 6) is 0.759. The number of amides is 1. The summed E-state index contributed by atoms with van der Waals surface area (Å²) in [6.07, 6.45) is 0.493. The number of aryl methyl sites for hydroxylation is 2. The summed E-state index contributed by atoms with van der Waals surface area (Å²) in [5, 5.41) is 3.91. The molecule has 26 heavy (non-hydrogen) atoms. The molecule has 2 N–H and O–H groups in total. The highest BCUT2D eigenvalue weighted by Crippen LogP contribution is 2.31. The summed E-state index contributed by atoms with van der Waals surface area (Å²) in [4.78, 5) is 31.5. The summed E-state index contributed by atoms with van der Waals surface area (Å²) in [6.45, 7) is 1.85. The van der Waals surface area contributed by atoms with Gasteiger partial charge in [0.05, 0.1) is 23.7 Å². The van der Waals surface area contributed by atoms with Gasteiger partial charge in [0.25, 0.3) is 5.56 Å². The molecule has 6 nitrogen and oxygen atoms in total. The number of benzene rings is 2. The lowest BCUT2D eigenvalue weighted by Gasteiger charge is -2.12. The van der Waals surface area contributed by atoms with Crippen molar-refractivity contribution in [3.05, 3.63) is 63.2 Å². The highest BCUT2D eigenvalue weighted by atomic mass is 35.5. The number of halogens is 1. The van der Waals surface area contributed by atoms with Crippen LogP contribution in [0.4, 0.5) is 5.69 Å². The maximum atomic E-state index is 12.3. The Kier molecular flexibility index (Phi) is 5.23. The monoisotopic (exact) mass is 371 g/mol. The van der Waals surface area contributed by atoms with E-state index in [0.29, 0.717) is 39.6 Å². The van der Waals surface area contributed by atoms with E-state index >= 15 is 0 Å². The highest BCUT2D eigenvalue weighted by Gasteiger charge is 2.11. The molecule has 1 heterocycles. The Morgan fingerprint density at radius 1 is 1.31 bits per heavy atom. The third kappa shape index (κ3) is 3.86. The van der Waals surface area contributed by atoms with Gasteiger partial charge in [-0.05, 0) is 30.7 Å². The lowest BCUT2D eigenvalue weighted by molar-refractivity contribution is -0.116. The van der Waals surface area contributed by atoms with Crippen LogP contribution >= 0.6 is 11.6 Å². The van der Waals surface area contributed by atoms with E-state index < -0.39 is 0 Å². The second kappa shape index (κ2) is 7.58. The topological polar surface area (TPSA) is 84.1 Å². The summed E-state index contributed by atoms with van der Waals surface area (Å²) < 4.78 is 5.25. The lowest BCUT2D eigenvalue weighted by atomic mass is 10.2. The fourth-order valence-corrected chi connectivity index (χ4v) is 2.78. The number of carbonyl (C=O) groups excluding carboxylic acids is 1. The molecule has 1 amide bonds. The van der Waals surface area contributed by atoms with Gasteiger partial charge in [0.1, 0.15) is 11.6 Å². The van der Waals surface area contributed by atoms with Crippen molar-refractivity contribution >= 4 is 34.1 Å². The normalized spacial score (nSPS) is 10.7. The van der Waals surface area contributed by atoms with Gasteiger partial charge in [-0.25, -0.2) is 4.98 Å². The third-order valence-corrected chi connectivity index (χ3v) is 4.41. The van der Waals surface area contributed by atoms with Gasteiger partial charge in [0.2, 0.25) is 5.91 Å². The van der Waals surface area contributed by atoms with Gasteiger partial charge in [-0.3, -0.25) is 9.59 Å². The van der Waals surface area contributed by atoms with E-state index in [2.05, 4.69) is 15.3 Å². The molecule has 0 aliphatic rings. The van der Waals surface area contributed by atoms with Gasteiger partial charge in [0.15, 0.2) is 0 Å². The Morgan fingerprint density at radius 3 is 2.85 bits per heavy atom. The van der Waals surface area contributed by atoms with E-state index in [4.69, 9.17) is 16.3 Å². The van der Waals surface area contributed by atoms with Crippen molar-refractivity contribution in [3.8, 4) is 5.75 Å². The number of para-hydroxylation sites is 1. The molecule has 0 fully saturated rings. The highest BCUT2D eigenvalue weighted by molar-refractivity contribution is 6.31. The molecule has 0 aliphatic carbocycles. The molecule has 0 saturated heterocycles. The van der Waals surface area contributed by atoms with Crippen LogP contribution in [0.15, 0.2) is 41.2 Å². The number of ether oxygens (including phenoxy) is 1. The SMILES string of the molecule is COc1cc(Cl)c(C)cc1NC(=O)CCc1nc2ccccc2c(=O)[nH]1. The van der Waals surface area contributed by atoms with Gasteiger partial charge < -0.3 is 15.0 Å². The molecule has 3 aromatic rings. The van der Waals surface area contributed by atoms with E-state index in [1.54, 1.807) is 30.3 Å². The van der Waals surface area contributed by atoms with Gasteiger partial charge in [-0.1, -0.05) is 23.7 Å². The molecule has 0 saturated carbocycles. The number of methoxy groups -OCH3 is 1.